The van der Waals surface area contributed by atoms with E-state index in [0.29, 0.717) is 10.8 Å². The van der Waals surface area contributed by atoms with Crippen LogP contribution in [-0.4, -0.2) is 14.8 Å². The SMILES string of the molecule is CCc1ccc(-n2c(SCc3cccc(F)c3)nnc2-c2ccc(Cl)cc2)cc1. The Morgan fingerprint density at radius 1 is 0.931 bits per heavy atom. The molecule has 0 unspecified atom stereocenters. The first-order valence-corrected chi connectivity index (χ1v) is 10.7. The van der Waals surface area contributed by atoms with E-state index in [1.54, 1.807) is 12.1 Å². The van der Waals surface area contributed by atoms with Crippen molar-refractivity contribution in [2.45, 2.75) is 24.3 Å². The number of aryl methyl sites for hydroxylation is 1. The van der Waals surface area contributed by atoms with Crippen LogP contribution in [0.1, 0.15) is 18.1 Å². The molecule has 0 spiro atoms. The van der Waals surface area contributed by atoms with E-state index in [9.17, 15) is 4.39 Å². The number of halogens is 2. The minimum Gasteiger partial charge on any atom is -0.270 e. The first-order chi connectivity index (χ1) is 14.1. The summed E-state index contributed by atoms with van der Waals surface area (Å²) in [5.74, 6) is 1.11. The Balaban J connectivity index is 1.73. The Bertz CT molecular complexity index is 1110. The van der Waals surface area contributed by atoms with E-state index in [1.165, 1.54) is 23.4 Å². The molecule has 6 heteroatoms. The van der Waals surface area contributed by atoms with Gasteiger partial charge in [-0.2, -0.15) is 0 Å². The average molecular weight is 424 g/mol. The first-order valence-electron chi connectivity index (χ1n) is 9.32. The van der Waals surface area contributed by atoms with Gasteiger partial charge in [-0.25, -0.2) is 4.39 Å². The van der Waals surface area contributed by atoms with Gasteiger partial charge < -0.3 is 0 Å². The van der Waals surface area contributed by atoms with Gasteiger partial charge in [-0.15, -0.1) is 10.2 Å². The highest BCUT2D eigenvalue weighted by Crippen LogP contribution is 2.30. The van der Waals surface area contributed by atoms with Crippen molar-refractivity contribution in [1.82, 2.24) is 14.8 Å². The maximum Gasteiger partial charge on any atom is 0.196 e. The quantitative estimate of drug-likeness (QED) is 0.328. The second-order valence-corrected chi connectivity index (χ2v) is 7.97. The highest BCUT2D eigenvalue weighted by Gasteiger charge is 2.16. The molecule has 1 heterocycles. The topological polar surface area (TPSA) is 30.7 Å². The molecule has 0 fully saturated rings. The maximum absolute atomic E-state index is 13.5. The average Bonchev–Trinajstić information content (AvgIpc) is 3.17. The molecule has 0 aliphatic heterocycles. The zero-order valence-corrected chi connectivity index (χ0v) is 17.4. The molecule has 0 saturated carbocycles. The van der Waals surface area contributed by atoms with Crippen molar-refractivity contribution < 1.29 is 4.39 Å². The summed E-state index contributed by atoms with van der Waals surface area (Å²) >= 11 is 7.58. The fourth-order valence-corrected chi connectivity index (χ4v) is 4.06. The number of aromatic nitrogens is 3. The van der Waals surface area contributed by atoms with Crippen molar-refractivity contribution >= 4 is 23.4 Å². The number of hydrogen-bond acceptors (Lipinski definition) is 3. The zero-order valence-electron chi connectivity index (χ0n) is 15.8. The Labute approximate surface area is 178 Å². The van der Waals surface area contributed by atoms with Gasteiger partial charge in [0.25, 0.3) is 0 Å². The molecule has 3 aromatic carbocycles. The van der Waals surface area contributed by atoms with E-state index in [-0.39, 0.29) is 5.82 Å². The fraction of sp³-hybridized carbons (Fsp3) is 0.130. The summed E-state index contributed by atoms with van der Waals surface area (Å²) in [5.41, 5.74) is 4.08. The second-order valence-electron chi connectivity index (χ2n) is 6.59. The van der Waals surface area contributed by atoms with Gasteiger partial charge in [0.2, 0.25) is 0 Å². The van der Waals surface area contributed by atoms with Gasteiger partial charge in [-0.05, 0) is 66.1 Å². The summed E-state index contributed by atoms with van der Waals surface area (Å²) in [5, 5.41) is 10.3. The van der Waals surface area contributed by atoms with Crippen LogP contribution in [-0.2, 0) is 12.2 Å². The van der Waals surface area contributed by atoms with E-state index >= 15 is 0 Å². The molecule has 0 N–H and O–H groups in total. The fourth-order valence-electron chi connectivity index (χ4n) is 3.04. The number of benzene rings is 3. The van der Waals surface area contributed by atoms with Gasteiger partial charge in [-0.1, -0.05) is 54.6 Å². The van der Waals surface area contributed by atoms with Crippen LogP contribution in [0, 0.1) is 5.82 Å². The van der Waals surface area contributed by atoms with Crippen LogP contribution in [0.2, 0.25) is 5.02 Å². The predicted octanol–water partition coefficient (Wildman–Crippen LogP) is 6.58. The van der Waals surface area contributed by atoms with Gasteiger partial charge in [0.1, 0.15) is 5.82 Å². The van der Waals surface area contributed by atoms with Crippen LogP contribution >= 0.6 is 23.4 Å². The van der Waals surface area contributed by atoms with E-state index in [1.807, 2.05) is 34.9 Å². The molecule has 0 saturated heterocycles. The van der Waals surface area contributed by atoms with E-state index in [2.05, 4.69) is 41.4 Å². The highest BCUT2D eigenvalue weighted by atomic mass is 35.5. The molecular formula is C23H19ClFN3S. The molecule has 0 aliphatic rings. The molecule has 1 aromatic heterocycles. The molecule has 146 valence electrons. The van der Waals surface area contributed by atoms with Crippen molar-refractivity contribution in [2.75, 3.05) is 0 Å². The third-order valence-electron chi connectivity index (χ3n) is 4.60. The molecule has 0 bridgehead atoms. The molecular weight excluding hydrogens is 405 g/mol. The van der Waals surface area contributed by atoms with Crippen molar-refractivity contribution in [3.05, 3.63) is 94.8 Å². The largest absolute Gasteiger partial charge is 0.270 e. The van der Waals surface area contributed by atoms with Crippen LogP contribution in [0.3, 0.4) is 0 Å². The van der Waals surface area contributed by atoms with Gasteiger partial charge in [0, 0.05) is 22.0 Å². The highest BCUT2D eigenvalue weighted by molar-refractivity contribution is 7.98. The lowest BCUT2D eigenvalue weighted by Crippen LogP contribution is -2.00. The molecule has 4 aromatic rings. The third-order valence-corrected chi connectivity index (χ3v) is 5.85. The lowest BCUT2D eigenvalue weighted by Gasteiger charge is -2.11. The van der Waals surface area contributed by atoms with Crippen molar-refractivity contribution in [1.29, 1.82) is 0 Å². The summed E-state index contributed by atoms with van der Waals surface area (Å²) in [6.07, 6.45) is 0.980. The lowest BCUT2D eigenvalue weighted by molar-refractivity contribution is 0.626. The predicted molar refractivity (Wildman–Crippen MR) is 117 cm³/mol. The van der Waals surface area contributed by atoms with Crippen molar-refractivity contribution in [3.8, 4) is 17.1 Å². The Kier molecular flexibility index (Phi) is 5.97. The number of hydrogen-bond donors (Lipinski definition) is 0. The van der Waals surface area contributed by atoms with Crippen LogP contribution in [0.15, 0.2) is 78.0 Å². The summed E-state index contributed by atoms with van der Waals surface area (Å²) in [6, 6.07) is 22.6. The molecule has 0 atom stereocenters. The number of nitrogens with zero attached hydrogens (tertiary/aromatic N) is 3. The molecule has 0 amide bonds. The number of rotatable bonds is 6. The van der Waals surface area contributed by atoms with Gasteiger partial charge in [-0.3, -0.25) is 4.57 Å². The molecule has 4 rings (SSSR count). The van der Waals surface area contributed by atoms with E-state index in [0.717, 1.165) is 34.2 Å². The molecule has 29 heavy (non-hydrogen) atoms. The van der Waals surface area contributed by atoms with Crippen LogP contribution in [0.25, 0.3) is 17.1 Å². The van der Waals surface area contributed by atoms with E-state index < -0.39 is 0 Å². The van der Waals surface area contributed by atoms with Crippen LogP contribution in [0.4, 0.5) is 4.39 Å². The van der Waals surface area contributed by atoms with Gasteiger partial charge in [0.05, 0.1) is 0 Å². The monoisotopic (exact) mass is 423 g/mol. The summed E-state index contributed by atoms with van der Waals surface area (Å²) in [7, 11) is 0. The molecule has 0 aliphatic carbocycles. The smallest absolute Gasteiger partial charge is 0.196 e. The van der Waals surface area contributed by atoms with Crippen LogP contribution in [0.5, 0.6) is 0 Å². The Morgan fingerprint density at radius 2 is 1.69 bits per heavy atom. The maximum atomic E-state index is 13.5. The molecule has 3 nitrogen and oxygen atoms in total. The molecule has 0 radical (unpaired) electrons. The van der Waals surface area contributed by atoms with Crippen molar-refractivity contribution in [2.24, 2.45) is 0 Å². The Morgan fingerprint density at radius 3 is 2.38 bits per heavy atom. The zero-order chi connectivity index (χ0) is 20.2. The first kappa shape index (κ1) is 19.7. The van der Waals surface area contributed by atoms with Gasteiger partial charge >= 0.3 is 0 Å². The summed E-state index contributed by atoms with van der Waals surface area (Å²) in [4.78, 5) is 0. The minimum atomic E-state index is -0.235. The Hall–Kier alpha value is -2.63. The third kappa shape index (κ3) is 4.52. The summed E-state index contributed by atoms with van der Waals surface area (Å²) in [6.45, 7) is 2.13. The number of thioether (sulfide) groups is 1. The van der Waals surface area contributed by atoms with Gasteiger partial charge in [0.15, 0.2) is 11.0 Å². The lowest BCUT2D eigenvalue weighted by atomic mass is 10.1. The summed E-state index contributed by atoms with van der Waals surface area (Å²) < 4.78 is 15.5. The second kappa shape index (κ2) is 8.80. The standard InChI is InChI=1S/C23H19ClFN3S/c1-2-16-6-12-21(13-7-16)28-22(18-8-10-19(24)11-9-18)26-27-23(28)29-15-17-4-3-5-20(25)14-17/h3-14H,2,15H2,1H3. The van der Waals surface area contributed by atoms with Crippen LogP contribution < -0.4 is 0 Å². The van der Waals surface area contributed by atoms with Crippen molar-refractivity contribution in [3.63, 3.8) is 0 Å². The minimum absolute atomic E-state index is 0.235. The normalized spacial score (nSPS) is 11.0. The van der Waals surface area contributed by atoms with E-state index in [4.69, 9.17) is 11.6 Å².